The van der Waals surface area contributed by atoms with E-state index in [1.165, 1.54) is 25.7 Å². The Kier molecular flexibility index (Phi) is 6.66. The minimum Gasteiger partial charge on any atom is -0.388 e. The summed E-state index contributed by atoms with van der Waals surface area (Å²) in [4.78, 5) is 11.9. The second-order valence-electron chi connectivity index (χ2n) is 7.69. The van der Waals surface area contributed by atoms with Gasteiger partial charge in [0, 0.05) is 12.7 Å². The third-order valence-electron chi connectivity index (χ3n) is 4.68. The van der Waals surface area contributed by atoms with E-state index in [9.17, 15) is 9.90 Å². The first-order chi connectivity index (χ1) is 11.4. The molecule has 1 aromatic heterocycles. The molecule has 1 heterocycles. The van der Waals surface area contributed by atoms with E-state index in [0.717, 1.165) is 12.1 Å². The molecule has 0 aromatic carbocycles. The average molecular weight is 336 g/mol. The van der Waals surface area contributed by atoms with E-state index in [1.54, 1.807) is 6.92 Å². The minimum absolute atomic E-state index is 0.252. The first-order valence-electron chi connectivity index (χ1n) is 9.14. The fourth-order valence-corrected chi connectivity index (χ4v) is 3.04. The first-order valence-corrected chi connectivity index (χ1v) is 9.14. The SMILES string of the molecule is CC(C)CCC(C)(O)CNC(=O)NCc1ccn(C2CCCC2)n1. The standard InChI is InChI=1S/C18H32N4O2/c1-14(2)8-10-18(3,24)13-20-17(23)19-12-15-9-11-22(21-15)16-6-4-5-7-16/h9,11,14,16,24H,4-8,10,12-13H2,1-3H3,(H2,19,20,23). The van der Waals surface area contributed by atoms with Crippen LogP contribution in [0.2, 0.25) is 0 Å². The van der Waals surface area contributed by atoms with Crippen LogP contribution in [-0.2, 0) is 6.54 Å². The molecule has 24 heavy (non-hydrogen) atoms. The van der Waals surface area contributed by atoms with Gasteiger partial charge in [-0.05, 0) is 44.6 Å². The van der Waals surface area contributed by atoms with E-state index in [0.29, 0.717) is 24.9 Å². The van der Waals surface area contributed by atoms with E-state index in [2.05, 4.69) is 29.6 Å². The van der Waals surface area contributed by atoms with Gasteiger partial charge in [0.1, 0.15) is 0 Å². The third kappa shape index (κ3) is 6.15. The molecule has 1 aliphatic carbocycles. The summed E-state index contributed by atoms with van der Waals surface area (Å²) in [5, 5.41) is 20.4. The van der Waals surface area contributed by atoms with Crippen LogP contribution >= 0.6 is 0 Å². The summed E-state index contributed by atoms with van der Waals surface area (Å²) in [7, 11) is 0. The molecule has 0 radical (unpaired) electrons. The lowest BCUT2D eigenvalue weighted by atomic mass is 9.95. The molecular weight excluding hydrogens is 304 g/mol. The molecule has 0 aliphatic heterocycles. The molecule has 2 rings (SSSR count). The van der Waals surface area contributed by atoms with Crippen molar-refractivity contribution in [1.82, 2.24) is 20.4 Å². The Morgan fingerprint density at radius 2 is 2.12 bits per heavy atom. The molecule has 3 N–H and O–H groups in total. The molecule has 2 amide bonds. The van der Waals surface area contributed by atoms with Crippen molar-refractivity contribution < 1.29 is 9.90 Å². The summed E-state index contributed by atoms with van der Waals surface area (Å²) in [5.74, 6) is 0.542. The van der Waals surface area contributed by atoms with Gasteiger partial charge in [-0.15, -0.1) is 0 Å². The number of rotatable bonds is 8. The Morgan fingerprint density at radius 1 is 1.42 bits per heavy atom. The summed E-state index contributed by atoms with van der Waals surface area (Å²) >= 11 is 0. The molecular formula is C18H32N4O2. The summed E-state index contributed by atoms with van der Waals surface area (Å²) in [5.41, 5.74) is -0.00492. The highest BCUT2D eigenvalue weighted by Crippen LogP contribution is 2.28. The number of urea groups is 1. The number of nitrogens with one attached hydrogen (secondary N) is 2. The highest BCUT2D eigenvalue weighted by Gasteiger charge is 2.21. The van der Waals surface area contributed by atoms with Gasteiger partial charge in [-0.2, -0.15) is 5.10 Å². The number of carbonyl (C=O) groups excluding carboxylic acids is 1. The van der Waals surface area contributed by atoms with Crippen molar-refractivity contribution in [2.75, 3.05) is 6.54 Å². The van der Waals surface area contributed by atoms with Gasteiger partial charge in [-0.25, -0.2) is 4.79 Å². The molecule has 0 saturated heterocycles. The van der Waals surface area contributed by atoms with Crippen molar-refractivity contribution in [1.29, 1.82) is 0 Å². The van der Waals surface area contributed by atoms with Crippen molar-refractivity contribution >= 4 is 6.03 Å². The zero-order valence-corrected chi connectivity index (χ0v) is 15.2. The normalized spacial score (nSPS) is 17.9. The zero-order chi connectivity index (χ0) is 17.6. The molecule has 1 fully saturated rings. The van der Waals surface area contributed by atoms with Crippen molar-refractivity contribution in [2.24, 2.45) is 5.92 Å². The molecule has 136 valence electrons. The maximum Gasteiger partial charge on any atom is 0.315 e. The topological polar surface area (TPSA) is 79.2 Å². The number of carbonyl (C=O) groups is 1. The van der Waals surface area contributed by atoms with Crippen LogP contribution in [0.25, 0.3) is 0 Å². The smallest absolute Gasteiger partial charge is 0.315 e. The average Bonchev–Trinajstić information content (AvgIpc) is 3.20. The van der Waals surface area contributed by atoms with Gasteiger partial charge in [-0.3, -0.25) is 4.68 Å². The predicted octanol–water partition coefficient (Wildman–Crippen LogP) is 2.98. The van der Waals surface area contributed by atoms with E-state index in [1.807, 2.05) is 16.9 Å². The lowest BCUT2D eigenvalue weighted by Crippen LogP contribution is -2.44. The number of aliphatic hydroxyl groups is 1. The predicted molar refractivity (Wildman–Crippen MR) is 94.7 cm³/mol. The molecule has 1 saturated carbocycles. The third-order valence-corrected chi connectivity index (χ3v) is 4.68. The molecule has 0 spiro atoms. The zero-order valence-electron chi connectivity index (χ0n) is 15.2. The lowest BCUT2D eigenvalue weighted by Gasteiger charge is -2.24. The molecule has 1 aromatic rings. The van der Waals surface area contributed by atoms with E-state index in [4.69, 9.17) is 0 Å². The molecule has 1 aliphatic rings. The van der Waals surface area contributed by atoms with Crippen LogP contribution in [0.5, 0.6) is 0 Å². The number of aromatic nitrogens is 2. The van der Waals surface area contributed by atoms with E-state index >= 15 is 0 Å². The van der Waals surface area contributed by atoms with Crippen molar-refractivity contribution in [3.63, 3.8) is 0 Å². The molecule has 6 heteroatoms. The van der Waals surface area contributed by atoms with Gasteiger partial charge in [0.15, 0.2) is 0 Å². The summed E-state index contributed by atoms with van der Waals surface area (Å²) in [6.45, 7) is 6.67. The van der Waals surface area contributed by atoms with Crippen molar-refractivity contribution in [2.45, 2.75) is 77.5 Å². The minimum atomic E-state index is -0.869. The quantitative estimate of drug-likeness (QED) is 0.683. The van der Waals surface area contributed by atoms with Gasteiger partial charge in [0.05, 0.1) is 23.9 Å². The van der Waals surface area contributed by atoms with Crippen LogP contribution in [0.15, 0.2) is 12.3 Å². The fraction of sp³-hybridized carbons (Fsp3) is 0.778. The van der Waals surface area contributed by atoms with Crippen molar-refractivity contribution in [3.05, 3.63) is 18.0 Å². The van der Waals surface area contributed by atoms with Gasteiger partial charge in [0.2, 0.25) is 0 Å². The number of hydrogen-bond acceptors (Lipinski definition) is 3. The molecule has 6 nitrogen and oxygen atoms in total. The van der Waals surface area contributed by atoms with Crippen LogP contribution in [0.4, 0.5) is 4.79 Å². The van der Waals surface area contributed by atoms with Gasteiger partial charge in [0.25, 0.3) is 0 Å². The maximum absolute atomic E-state index is 11.9. The van der Waals surface area contributed by atoms with Gasteiger partial charge < -0.3 is 15.7 Å². The van der Waals surface area contributed by atoms with Gasteiger partial charge >= 0.3 is 6.03 Å². The second-order valence-corrected chi connectivity index (χ2v) is 7.69. The Morgan fingerprint density at radius 3 is 2.79 bits per heavy atom. The fourth-order valence-electron chi connectivity index (χ4n) is 3.04. The Hall–Kier alpha value is -1.56. The van der Waals surface area contributed by atoms with Crippen LogP contribution < -0.4 is 10.6 Å². The van der Waals surface area contributed by atoms with Crippen molar-refractivity contribution in [3.8, 4) is 0 Å². The first kappa shape index (κ1) is 18.8. The Labute approximate surface area is 145 Å². The lowest BCUT2D eigenvalue weighted by molar-refractivity contribution is 0.0476. The monoisotopic (exact) mass is 336 g/mol. The Balaban J connectivity index is 1.69. The van der Waals surface area contributed by atoms with Crippen LogP contribution in [0.3, 0.4) is 0 Å². The number of nitrogens with zero attached hydrogens (tertiary/aromatic N) is 2. The highest BCUT2D eigenvalue weighted by atomic mass is 16.3. The van der Waals surface area contributed by atoms with Gasteiger partial charge in [-0.1, -0.05) is 26.7 Å². The number of hydrogen-bond donors (Lipinski definition) is 3. The summed E-state index contributed by atoms with van der Waals surface area (Å²) < 4.78 is 2.03. The number of amides is 2. The Bertz CT molecular complexity index is 519. The summed E-state index contributed by atoms with van der Waals surface area (Å²) in [6.07, 6.45) is 8.56. The highest BCUT2D eigenvalue weighted by molar-refractivity contribution is 5.73. The van der Waals surface area contributed by atoms with Crippen LogP contribution in [0, 0.1) is 5.92 Å². The molecule has 1 atom stereocenters. The molecule has 0 bridgehead atoms. The molecule has 1 unspecified atom stereocenters. The van der Waals surface area contributed by atoms with E-state index < -0.39 is 5.60 Å². The maximum atomic E-state index is 11.9. The second kappa shape index (κ2) is 8.51. The largest absolute Gasteiger partial charge is 0.388 e. The van der Waals surface area contributed by atoms with Crippen LogP contribution in [0.1, 0.15) is 71.0 Å². The van der Waals surface area contributed by atoms with E-state index in [-0.39, 0.29) is 12.6 Å². The summed E-state index contributed by atoms with van der Waals surface area (Å²) in [6, 6.07) is 2.20. The van der Waals surface area contributed by atoms with Crippen LogP contribution in [-0.4, -0.2) is 33.1 Å².